The smallest absolute Gasteiger partial charge is 0.310 e. The van der Waals surface area contributed by atoms with Crippen LogP contribution in [0.3, 0.4) is 0 Å². The highest BCUT2D eigenvalue weighted by atomic mass is 16.5. The van der Waals surface area contributed by atoms with Gasteiger partial charge in [-0.1, -0.05) is 50.3 Å². The number of esters is 1. The first kappa shape index (κ1) is 18.4. The lowest BCUT2D eigenvalue weighted by molar-refractivity contribution is -0.150. The van der Waals surface area contributed by atoms with Crippen LogP contribution in [0, 0.1) is 17.3 Å². The van der Waals surface area contributed by atoms with Crippen molar-refractivity contribution in [3.8, 4) is 0 Å². The first-order chi connectivity index (χ1) is 11.2. The van der Waals surface area contributed by atoms with Gasteiger partial charge in [-0.2, -0.15) is 0 Å². The highest BCUT2D eigenvalue weighted by molar-refractivity contribution is 6.00. The number of allylic oxidation sites excluding steroid dienone is 6. The molecule has 0 aromatic carbocycles. The van der Waals surface area contributed by atoms with E-state index in [-0.39, 0.29) is 35.4 Å². The van der Waals surface area contributed by atoms with Crippen LogP contribution in [0.1, 0.15) is 47.5 Å². The molecule has 130 valence electrons. The van der Waals surface area contributed by atoms with Crippen LogP contribution < -0.4 is 0 Å². The molecule has 3 nitrogen and oxygen atoms in total. The van der Waals surface area contributed by atoms with Crippen molar-refractivity contribution in [1.82, 2.24) is 0 Å². The van der Waals surface area contributed by atoms with Crippen molar-refractivity contribution in [3.63, 3.8) is 0 Å². The summed E-state index contributed by atoms with van der Waals surface area (Å²) in [5.74, 6) is 0.0175. The second-order valence-electron chi connectivity index (χ2n) is 7.65. The van der Waals surface area contributed by atoms with Crippen molar-refractivity contribution in [2.75, 3.05) is 0 Å². The zero-order chi connectivity index (χ0) is 18.1. The van der Waals surface area contributed by atoms with Crippen molar-refractivity contribution in [2.45, 2.75) is 53.6 Å². The summed E-state index contributed by atoms with van der Waals surface area (Å²) in [6, 6.07) is 0. The van der Waals surface area contributed by atoms with Gasteiger partial charge in [0.05, 0.1) is 12.3 Å². The van der Waals surface area contributed by atoms with Crippen LogP contribution in [0.2, 0.25) is 0 Å². The summed E-state index contributed by atoms with van der Waals surface area (Å²) in [4.78, 5) is 24.8. The van der Waals surface area contributed by atoms with Gasteiger partial charge in [-0.25, -0.2) is 0 Å². The molecule has 2 rings (SSSR count). The number of hydrogen-bond acceptors (Lipinski definition) is 3. The Labute approximate surface area is 145 Å². The third-order valence-corrected chi connectivity index (χ3v) is 5.20. The van der Waals surface area contributed by atoms with E-state index in [2.05, 4.69) is 26.5 Å². The molecule has 2 aliphatic carbocycles. The van der Waals surface area contributed by atoms with E-state index in [4.69, 9.17) is 4.74 Å². The van der Waals surface area contributed by atoms with Gasteiger partial charge in [-0.05, 0) is 44.1 Å². The SMILES string of the molecule is C=C/C=C/CC1=C(C)[C@@H](OC(=O)[C@@H]2C(C=C(C)C)C2(C)C)CC1=O. The Balaban J connectivity index is 2.05. The molecule has 0 saturated heterocycles. The molecule has 1 unspecified atom stereocenters. The molecule has 3 atom stereocenters. The summed E-state index contributed by atoms with van der Waals surface area (Å²) in [5, 5.41) is 0. The fraction of sp³-hybridized carbons (Fsp3) is 0.524. The van der Waals surface area contributed by atoms with Crippen molar-refractivity contribution >= 4 is 11.8 Å². The van der Waals surface area contributed by atoms with E-state index >= 15 is 0 Å². The number of ketones is 1. The summed E-state index contributed by atoms with van der Waals surface area (Å²) in [6.45, 7) is 13.8. The van der Waals surface area contributed by atoms with E-state index in [0.29, 0.717) is 6.42 Å². The van der Waals surface area contributed by atoms with Gasteiger partial charge in [-0.15, -0.1) is 0 Å². The zero-order valence-electron chi connectivity index (χ0n) is 15.4. The summed E-state index contributed by atoms with van der Waals surface area (Å²) in [7, 11) is 0. The van der Waals surface area contributed by atoms with Crippen LogP contribution in [0.15, 0.2) is 47.6 Å². The molecule has 0 spiro atoms. The molecule has 0 N–H and O–H groups in total. The monoisotopic (exact) mass is 328 g/mol. The third kappa shape index (κ3) is 3.61. The Kier molecular flexibility index (Phi) is 5.32. The maximum atomic E-state index is 12.6. The molecule has 0 heterocycles. The molecular weight excluding hydrogens is 300 g/mol. The standard InChI is InChI=1S/C21H28O3/c1-7-8-9-10-15-14(4)18(12-17(15)22)24-20(23)19-16(11-13(2)3)21(19,5)6/h7-9,11,16,18-19H,1,10,12H2,2-6H3/b9-8+/t16?,18-,19-/m0/s1. The molecule has 0 bridgehead atoms. The van der Waals surface area contributed by atoms with Gasteiger partial charge in [0.15, 0.2) is 5.78 Å². The number of rotatable bonds is 6. The van der Waals surface area contributed by atoms with Crippen molar-refractivity contribution < 1.29 is 14.3 Å². The van der Waals surface area contributed by atoms with Gasteiger partial charge >= 0.3 is 5.97 Å². The highest BCUT2D eigenvalue weighted by Gasteiger charge is 2.61. The molecule has 0 amide bonds. The maximum Gasteiger partial charge on any atom is 0.310 e. The Bertz CT molecular complexity index is 642. The van der Waals surface area contributed by atoms with E-state index < -0.39 is 6.10 Å². The lowest BCUT2D eigenvalue weighted by atomic mass is 10.1. The molecule has 0 radical (unpaired) electrons. The lowest BCUT2D eigenvalue weighted by Crippen LogP contribution is -2.20. The van der Waals surface area contributed by atoms with Gasteiger partial charge in [0, 0.05) is 5.57 Å². The Morgan fingerprint density at radius 2 is 2.04 bits per heavy atom. The van der Waals surface area contributed by atoms with Crippen LogP contribution >= 0.6 is 0 Å². The number of ether oxygens (including phenoxy) is 1. The molecule has 3 heteroatoms. The first-order valence-electron chi connectivity index (χ1n) is 8.56. The van der Waals surface area contributed by atoms with Crippen LogP contribution in [0.25, 0.3) is 0 Å². The number of hydrogen-bond donors (Lipinski definition) is 0. The fourth-order valence-electron chi connectivity index (χ4n) is 3.56. The Hall–Kier alpha value is -1.90. The quantitative estimate of drug-likeness (QED) is 0.408. The van der Waals surface area contributed by atoms with Crippen molar-refractivity contribution in [2.24, 2.45) is 17.3 Å². The van der Waals surface area contributed by atoms with Gasteiger partial charge < -0.3 is 4.74 Å². The van der Waals surface area contributed by atoms with Gasteiger partial charge in [0.1, 0.15) is 6.10 Å². The summed E-state index contributed by atoms with van der Waals surface area (Å²) >= 11 is 0. The van der Waals surface area contributed by atoms with Gasteiger partial charge in [0.2, 0.25) is 0 Å². The predicted octanol–water partition coefficient (Wildman–Crippen LogP) is 4.56. The average molecular weight is 328 g/mol. The number of carbonyl (C=O) groups is 2. The van der Waals surface area contributed by atoms with Crippen LogP contribution in [0.4, 0.5) is 0 Å². The summed E-state index contributed by atoms with van der Waals surface area (Å²) in [5.41, 5.74) is 2.80. The minimum absolute atomic E-state index is 0.0654. The maximum absolute atomic E-state index is 12.6. The second kappa shape index (κ2) is 6.92. The summed E-state index contributed by atoms with van der Waals surface area (Å²) in [6.07, 6.45) is 8.01. The van der Waals surface area contributed by atoms with Crippen molar-refractivity contribution in [3.05, 3.63) is 47.6 Å². The van der Waals surface area contributed by atoms with E-state index in [1.165, 1.54) is 5.57 Å². The predicted molar refractivity (Wildman–Crippen MR) is 96.4 cm³/mol. The Morgan fingerprint density at radius 3 is 2.62 bits per heavy atom. The molecule has 0 aromatic heterocycles. The van der Waals surface area contributed by atoms with Crippen LogP contribution in [-0.2, 0) is 14.3 Å². The molecule has 0 aliphatic heterocycles. The Morgan fingerprint density at radius 1 is 1.38 bits per heavy atom. The topological polar surface area (TPSA) is 43.4 Å². The summed E-state index contributed by atoms with van der Waals surface area (Å²) < 4.78 is 5.71. The number of Topliss-reactive ketones (excluding diaryl/α,β-unsaturated/α-hetero) is 1. The largest absolute Gasteiger partial charge is 0.457 e. The molecule has 0 aromatic rings. The van der Waals surface area contributed by atoms with Gasteiger partial charge in [0.25, 0.3) is 0 Å². The first-order valence-corrected chi connectivity index (χ1v) is 8.56. The third-order valence-electron chi connectivity index (χ3n) is 5.20. The van der Waals surface area contributed by atoms with Crippen LogP contribution in [0.5, 0.6) is 0 Å². The lowest BCUT2D eigenvalue weighted by Gasteiger charge is -2.13. The second-order valence-corrected chi connectivity index (χ2v) is 7.65. The fourth-order valence-corrected chi connectivity index (χ4v) is 3.56. The van der Waals surface area contributed by atoms with Crippen molar-refractivity contribution in [1.29, 1.82) is 0 Å². The number of carbonyl (C=O) groups excluding carboxylic acids is 2. The molecular formula is C21H28O3. The average Bonchev–Trinajstić information content (AvgIpc) is 2.90. The molecule has 1 saturated carbocycles. The molecule has 1 fully saturated rings. The molecule has 24 heavy (non-hydrogen) atoms. The van der Waals surface area contributed by atoms with Gasteiger partial charge in [-0.3, -0.25) is 9.59 Å². The van der Waals surface area contributed by atoms with E-state index in [1.54, 1.807) is 6.08 Å². The van der Waals surface area contributed by atoms with Crippen LogP contribution in [-0.4, -0.2) is 17.9 Å². The van der Waals surface area contributed by atoms with E-state index in [0.717, 1.165) is 11.1 Å². The minimum atomic E-state index is -0.402. The van der Waals surface area contributed by atoms with E-state index in [9.17, 15) is 9.59 Å². The van der Waals surface area contributed by atoms with E-state index in [1.807, 2.05) is 32.9 Å². The normalized spacial score (nSPS) is 28.2. The highest BCUT2D eigenvalue weighted by Crippen LogP contribution is 2.60. The zero-order valence-corrected chi connectivity index (χ0v) is 15.4. The minimum Gasteiger partial charge on any atom is -0.457 e. The molecule has 2 aliphatic rings.